The summed E-state index contributed by atoms with van der Waals surface area (Å²) in [7, 11) is -1.68. The minimum absolute atomic E-state index is 0.306. The van der Waals surface area contributed by atoms with Gasteiger partial charge in [0.25, 0.3) is 0 Å². The van der Waals surface area contributed by atoms with Crippen molar-refractivity contribution in [3.8, 4) is 0 Å². The second-order valence-electron chi connectivity index (χ2n) is 12.8. The number of rotatable bonds is 2. The average Bonchev–Trinajstić information content (AvgIpc) is 2.97. The lowest BCUT2D eigenvalue weighted by atomic mass is 9.48. The lowest BCUT2D eigenvalue weighted by Crippen LogP contribution is -2.51. The molecule has 164 valence electrons. The largest absolute Gasteiger partial charge is 0.414 e. The van der Waals surface area contributed by atoms with E-state index in [-0.39, 0.29) is 0 Å². The van der Waals surface area contributed by atoms with Crippen LogP contribution in [0.5, 0.6) is 0 Å². The van der Waals surface area contributed by atoms with Gasteiger partial charge >= 0.3 is 0 Å². The van der Waals surface area contributed by atoms with Crippen LogP contribution in [-0.2, 0) is 4.43 Å². The van der Waals surface area contributed by atoms with Crippen molar-refractivity contribution in [3.05, 3.63) is 23.3 Å². The quantitative estimate of drug-likeness (QED) is 0.326. The minimum Gasteiger partial charge on any atom is -0.414 e. The van der Waals surface area contributed by atoms with Crippen LogP contribution in [0, 0.1) is 28.6 Å². The molecule has 4 aliphatic carbocycles. The van der Waals surface area contributed by atoms with Crippen LogP contribution in [0.1, 0.15) is 92.9 Å². The van der Waals surface area contributed by atoms with E-state index < -0.39 is 8.32 Å². The van der Waals surface area contributed by atoms with E-state index in [2.05, 4.69) is 66.8 Å². The van der Waals surface area contributed by atoms with Gasteiger partial charge in [-0.1, -0.05) is 57.9 Å². The van der Waals surface area contributed by atoms with Gasteiger partial charge in [-0.2, -0.15) is 0 Å². The predicted molar refractivity (Wildman–Crippen MR) is 128 cm³/mol. The van der Waals surface area contributed by atoms with Gasteiger partial charge in [-0.3, -0.25) is 0 Å². The molecule has 0 amide bonds. The van der Waals surface area contributed by atoms with Crippen LogP contribution in [0.25, 0.3) is 0 Å². The van der Waals surface area contributed by atoms with Crippen molar-refractivity contribution in [2.45, 2.75) is 117 Å². The molecule has 0 aromatic heterocycles. The first kappa shape index (κ1) is 21.9. The lowest BCUT2D eigenvalue weighted by Gasteiger charge is -2.58. The molecule has 2 heteroatoms. The molecular formula is C27H46OSi. The van der Waals surface area contributed by atoms with Gasteiger partial charge in [0.1, 0.15) is 0 Å². The fourth-order valence-electron chi connectivity index (χ4n) is 7.64. The van der Waals surface area contributed by atoms with Gasteiger partial charge in [-0.05, 0) is 105 Å². The van der Waals surface area contributed by atoms with Crippen molar-refractivity contribution < 1.29 is 4.43 Å². The second-order valence-corrected chi connectivity index (χ2v) is 17.6. The molecule has 6 atom stereocenters. The van der Waals surface area contributed by atoms with Crippen molar-refractivity contribution in [2.75, 3.05) is 0 Å². The summed E-state index contributed by atoms with van der Waals surface area (Å²) in [5.41, 5.74) is 4.48. The highest BCUT2D eigenvalue weighted by Gasteiger charge is 2.57. The molecule has 0 aromatic carbocycles. The molecule has 0 N–H and O–H groups in total. The van der Waals surface area contributed by atoms with Gasteiger partial charge in [0.2, 0.25) is 0 Å². The maximum Gasteiger partial charge on any atom is 0.192 e. The standard InChI is InChI=1S/C27H46OSi/c1-9-19-11-13-23-22-12-10-20-18-21(28-29(7,8)25(2,3)4)14-16-27(20,6)24(22)15-17-26(19,23)5/h9-10,21-24H,11-18H2,1-8H3/b19-9-/t21-,22?,23?,24?,26+,27-/m0/s1. The Morgan fingerprint density at radius 1 is 1.03 bits per heavy atom. The Labute approximate surface area is 181 Å². The molecule has 0 bridgehead atoms. The zero-order valence-corrected chi connectivity index (χ0v) is 21.5. The fourth-order valence-corrected chi connectivity index (χ4v) is 9.03. The van der Waals surface area contributed by atoms with E-state index in [1.54, 1.807) is 11.1 Å². The summed E-state index contributed by atoms with van der Waals surface area (Å²) < 4.78 is 6.88. The monoisotopic (exact) mass is 414 g/mol. The molecule has 3 unspecified atom stereocenters. The van der Waals surface area contributed by atoms with E-state index in [1.165, 1.54) is 51.4 Å². The molecule has 0 heterocycles. The Morgan fingerprint density at radius 3 is 2.34 bits per heavy atom. The van der Waals surface area contributed by atoms with Gasteiger partial charge in [0, 0.05) is 6.10 Å². The van der Waals surface area contributed by atoms with Crippen molar-refractivity contribution in [3.63, 3.8) is 0 Å². The molecule has 3 saturated carbocycles. The number of allylic oxidation sites excluding steroid dienone is 3. The average molecular weight is 415 g/mol. The van der Waals surface area contributed by atoms with Gasteiger partial charge in [0.05, 0.1) is 0 Å². The zero-order chi connectivity index (χ0) is 21.2. The third-order valence-electron chi connectivity index (χ3n) is 10.5. The number of hydrogen-bond acceptors (Lipinski definition) is 1. The highest BCUT2D eigenvalue weighted by atomic mass is 28.4. The third-order valence-corrected chi connectivity index (χ3v) is 15.1. The number of hydrogen-bond donors (Lipinski definition) is 0. The van der Waals surface area contributed by atoms with Crippen molar-refractivity contribution in [1.82, 2.24) is 0 Å². The normalized spacial score (nSPS) is 44.1. The fraction of sp³-hybridized carbons (Fsp3) is 0.852. The summed E-state index contributed by atoms with van der Waals surface area (Å²) >= 11 is 0. The molecule has 0 radical (unpaired) electrons. The van der Waals surface area contributed by atoms with Crippen molar-refractivity contribution in [2.24, 2.45) is 28.6 Å². The van der Waals surface area contributed by atoms with Crippen molar-refractivity contribution >= 4 is 8.32 Å². The molecule has 1 nitrogen and oxygen atoms in total. The Morgan fingerprint density at radius 2 is 1.69 bits per heavy atom. The Balaban J connectivity index is 1.54. The highest BCUT2D eigenvalue weighted by molar-refractivity contribution is 6.74. The molecule has 0 aliphatic heterocycles. The van der Waals surface area contributed by atoms with Crippen LogP contribution in [0.2, 0.25) is 18.1 Å². The summed E-state index contributed by atoms with van der Waals surface area (Å²) in [6, 6.07) is 0. The first-order valence-electron chi connectivity index (χ1n) is 12.5. The van der Waals surface area contributed by atoms with Gasteiger partial charge in [-0.15, -0.1) is 0 Å². The molecule has 3 fully saturated rings. The van der Waals surface area contributed by atoms with Crippen LogP contribution in [0.4, 0.5) is 0 Å². The Hall–Kier alpha value is -0.343. The maximum absolute atomic E-state index is 6.88. The molecule has 29 heavy (non-hydrogen) atoms. The summed E-state index contributed by atoms with van der Waals surface area (Å²) in [5, 5.41) is 0.306. The van der Waals surface area contributed by atoms with E-state index in [1.807, 2.05) is 0 Å². The number of fused-ring (bicyclic) bond motifs is 5. The van der Waals surface area contributed by atoms with Crippen LogP contribution >= 0.6 is 0 Å². The van der Waals surface area contributed by atoms with Crippen molar-refractivity contribution in [1.29, 1.82) is 0 Å². The maximum atomic E-state index is 6.88. The van der Waals surface area contributed by atoms with E-state index in [0.717, 1.165) is 17.8 Å². The van der Waals surface area contributed by atoms with E-state index in [4.69, 9.17) is 4.43 Å². The lowest BCUT2D eigenvalue weighted by molar-refractivity contribution is -0.0254. The molecule has 4 aliphatic rings. The smallest absolute Gasteiger partial charge is 0.192 e. The molecular weight excluding hydrogens is 368 g/mol. The van der Waals surface area contributed by atoms with E-state index in [9.17, 15) is 0 Å². The topological polar surface area (TPSA) is 9.23 Å². The predicted octanol–water partition coefficient (Wildman–Crippen LogP) is 8.29. The van der Waals surface area contributed by atoms with Crippen LogP contribution < -0.4 is 0 Å². The van der Waals surface area contributed by atoms with Gasteiger partial charge in [0.15, 0.2) is 8.32 Å². The molecule has 0 spiro atoms. The summed E-state index contributed by atoms with van der Waals surface area (Å²) in [4.78, 5) is 0. The van der Waals surface area contributed by atoms with E-state index >= 15 is 0 Å². The minimum atomic E-state index is -1.68. The molecule has 0 aromatic rings. The van der Waals surface area contributed by atoms with E-state index in [0.29, 0.717) is 22.0 Å². The molecule has 0 saturated heterocycles. The highest BCUT2D eigenvalue weighted by Crippen LogP contribution is 2.66. The Bertz CT molecular complexity index is 711. The van der Waals surface area contributed by atoms with Gasteiger partial charge < -0.3 is 4.43 Å². The van der Waals surface area contributed by atoms with Crippen LogP contribution in [0.3, 0.4) is 0 Å². The Kier molecular flexibility index (Phi) is 5.35. The van der Waals surface area contributed by atoms with Crippen LogP contribution in [-0.4, -0.2) is 14.4 Å². The third kappa shape index (κ3) is 3.36. The first-order chi connectivity index (χ1) is 13.4. The zero-order valence-electron chi connectivity index (χ0n) is 20.5. The summed E-state index contributed by atoms with van der Waals surface area (Å²) in [6.07, 6.45) is 16.4. The van der Waals surface area contributed by atoms with Gasteiger partial charge in [-0.25, -0.2) is 0 Å². The summed E-state index contributed by atoms with van der Waals surface area (Å²) in [5.74, 6) is 2.74. The SMILES string of the molecule is C/C=C1/CCC2C3CC=C4C[C@@H](O[Si](C)(C)C(C)(C)C)CC[C@]4(C)C3CC[C@]12C. The second kappa shape index (κ2) is 7.09. The molecule has 4 rings (SSSR count). The first-order valence-corrected chi connectivity index (χ1v) is 15.4. The summed E-state index contributed by atoms with van der Waals surface area (Å²) in [6.45, 7) is 19.5. The van der Waals surface area contributed by atoms with Crippen LogP contribution in [0.15, 0.2) is 23.3 Å².